The van der Waals surface area contributed by atoms with Crippen LogP contribution in [0.3, 0.4) is 0 Å². The summed E-state index contributed by atoms with van der Waals surface area (Å²) in [6.07, 6.45) is 3.18. The number of benzene rings is 2. The molecular weight excluding hydrogens is 467 g/mol. The number of hydrogen-bond acceptors (Lipinski definition) is 2. The van der Waals surface area contributed by atoms with Crippen LogP contribution in [0.25, 0.3) is 17.1 Å². The Morgan fingerprint density at radius 1 is 0.889 bits per heavy atom. The molecule has 4 nitrogen and oxygen atoms in total. The van der Waals surface area contributed by atoms with Crippen LogP contribution in [0, 0.1) is 27.7 Å². The minimum absolute atomic E-state index is 0. The van der Waals surface area contributed by atoms with Gasteiger partial charge >= 0.3 is 51.4 Å². The van der Waals surface area contributed by atoms with Crippen molar-refractivity contribution in [3.63, 3.8) is 0 Å². The van der Waals surface area contributed by atoms with Crippen LogP contribution in [0.15, 0.2) is 74.3 Å². The molecular formula is C31H45KN4. The number of hydrogen-bond donors (Lipinski definition) is 2. The Bertz CT molecular complexity index is 1020. The Morgan fingerprint density at radius 3 is 2.14 bits per heavy atom. The van der Waals surface area contributed by atoms with Gasteiger partial charge in [-0.15, -0.1) is 13.2 Å². The molecule has 0 bridgehead atoms. The number of anilines is 1. The van der Waals surface area contributed by atoms with E-state index in [9.17, 15) is 0 Å². The summed E-state index contributed by atoms with van der Waals surface area (Å²) in [5, 5.41) is 6.67. The van der Waals surface area contributed by atoms with Crippen molar-refractivity contribution in [2.24, 2.45) is 0 Å². The second kappa shape index (κ2) is 19.5. The summed E-state index contributed by atoms with van der Waals surface area (Å²) in [6, 6.07) is 19.2. The fraction of sp³-hybridized carbons (Fsp3) is 0.355. The SMILES string of the molecule is C=C.C=C(NCCCCC[NH-])c1cc(C)n(-c2cccc(C)c2)c1C.CCNc1ccc(C)cc1.[K+]. The molecule has 0 atom stereocenters. The quantitative estimate of drug-likeness (QED) is 0.217. The number of nitrogens with one attached hydrogen (secondary N) is 3. The molecule has 1 aromatic heterocycles. The molecule has 3 N–H and O–H groups in total. The first-order chi connectivity index (χ1) is 16.9. The van der Waals surface area contributed by atoms with Gasteiger partial charge in [-0.3, -0.25) is 0 Å². The van der Waals surface area contributed by atoms with Crippen molar-refractivity contribution in [2.75, 3.05) is 25.0 Å². The van der Waals surface area contributed by atoms with E-state index in [1.807, 2.05) is 0 Å². The standard InChI is InChI=1S/C20H28N3.C9H13N.C2H4.K/c1-15-9-8-10-19(13-15)23-16(2)14-20(18(23)4)17(3)22-12-7-5-6-11-21;1-3-10-9-6-4-8(2)5-7-9;1-2;/h8-10,13-14,21-22H,3,5-7,11-12H2,1-2,4H3;4-7,10H,3H2,1-2H3;1-2H2;/q-1;;;+1. The average Bonchev–Trinajstić information content (AvgIpc) is 3.16. The van der Waals surface area contributed by atoms with Gasteiger partial charge in [0.25, 0.3) is 0 Å². The molecule has 5 heteroatoms. The summed E-state index contributed by atoms with van der Waals surface area (Å²) in [4.78, 5) is 0. The average molecular weight is 513 g/mol. The van der Waals surface area contributed by atoms with Gasteiger partial charge in [-0.2, -0.15) is 6.54 Å². The van der Waals surface area contributed by atoms with Crippen molar-refractivity contribution in [2.45, 2.75) is 53.9 Å². The maximum absolute atomic E-state index is 7.17. The number of unbranched alkanes of at least 4 members (excludes halogenated alkanes) is 2. The predicted molar refractivity (Wildman–Crippen MR) is 157 cm³/mol. The van der Waals surface area contributed by atoms with Gasteiger partial charge in [0.05, 0.1) is 0 Å². The van der Waals surface area contributed by atoms with E-state index in [1.165, 1.54) is 39.5 Å². The van der Waals surface area contributed by atoms with E-state index >= 15 is 0 Å². The van der Waals surface area contributed by atoms with Gasteiger partial charge in [0.15, 0.2) is 0 Å². The van der Waals surface area contributed by atoms with Crippen LogP contribution in [0.2, 0.25) is 0 Å². The Balaban J connectivity index is 0.000000791. The summed E-state index contributed by atoms with van der Waals surface area (Å²) in [6.45, 7) is 23.2. The largest absolute Gasteiger partial charge is 1.00 e. The topological polar surface area (TPSA) is 52.8 Å². The van der Waals surface area contributed by atoms with Gasteiger partial charge in [-0.1, -0.05) is 49.2 Å². The molecule has 0 spiro atoms. The van der Waals surface area contributed by atoms with Crippen molar-refractivity contribution in [1.82, 2.24) is 9.88 Å². The van der Waals surface area contributed by atoms with Crippen molar-refractivity contribution in [3.8, 4) is 5.69 Å². The molecule has 0 aliphatic carbocycles. The molecule has 0 saturated heterocycles. The Hall–Kier alpha value is -1.60. The van der Waals surface area contributed by atoms with E-state index in [0.29, 0.717) is 6.54 Å². The molecule has 0 saturated carbocycles. The van der Waals surface area contributed by atoms with E-state index in [2.05, 4.69) is 124 Å². The van der Waals surface area contributed by atoms with E-state index in [1.54, 1.807) is 0 Å². The summed E-state index contributed by atoms with van der Waals surface area (Å²) in [7, 11) is 0. The maximum Gasteiger partial charge on any atom is 1.00 e. The van der Waals surface area contributed by atoms with Crippen molar-refractivity contribution >= 4 is 11.4 Å². The van der Waals surface area contributed by atoms with Gasteiger partial charge in [0.2, 0.25) is 0 Å². The van der Waals surface area contributed by atoms with Crippen LogP contribution in [0.5, 0.6) is 0 Å². The Kier molecular flexibility index (Phi) is 18.6. The minimum atomic E-state index is 0. The van der Waals surface area contributed by atoms with E-state index in [0.717, 1.165) is 38.0 Å². The first kappa shape index (κ1) is 34.4. The molecule has 2 aromatic carbocycles. The molecule has 3 aromatic rings. The Labute approximate surface area is 262 Å². The van der Waals surface area contributed by atoms with Crippen LogP contribution < -0.4 is 62.0 Å². The first-order valence-corrected chi connectivity index (χ1v) is 12.5. The van der Waals surface area contributed by atoms with Crippen molar-refractivity contribution < 1.29 is 51.4 Å². The van der Waals surface area contributed by atoms with E-state index < -0.39 is 0 Å². The monoisotopic (exact) mass is 512 g/mol. The molecule has 0 radical (unpaired) electrons. The van der Waals surface area contributed by atoms with Crippen LogP contribution in [-0.4, -0.2) is 24.2 Å². The van der Waals surface area contributed by atoms with Crippen molar-refractivity contribution in [3.05, 3.63) is 108 Å². The molecule has 0 fully saturated rings. The third-order valence-corrected chi connectivity index (χ3v) is 5.64. The normalized spacial score (nSPS) is 9.61. The number of rotatable bonds is 10. The number of nitrogens with zero attached hydrogens (tertiary/aromatic N) is 1. The number of aryl methyl sites for hydroxylation is 3. The maximum atomic E-state index is 7.17. The third kappa shape index (κ3) is 11.6. The first-order valence-electron chi connectivity index (χ1n) is 12.5. The molecule has 0 aliphatic rings. The molecule has 1 heterocycles. The zero-order chi connectivity index (χ0) is 26.2. The van der Waals surface area contributed by atoms with Crippen LogP contribution in [0.4, 0.5) is 5.69 Å². The second-order valence-electron chi connectivity index (χ2n) is 8.57. The molecule has 190 valence electrons. The van der Waals surface area contributed by atoms with Gasteiger partial charge in [-0.05, 0) is 76.9 Å². The van der Waals surface area contributed by atoms with Crippen LogP contribution in [-0.2, 0) is 0 Å². The smallest absolute Gasteiger partial charge is 0.677 e. The van der Waals surface area contributed by atoms with Gasteiger partial charge in [0, 0.05) is 47.1 Å². The summed E-state index contributed by atoms with van der Waals surface area (Å²) < 4.78 is 2.29. The number of aromatic nitrogens is 1. The second-order valence-corrected chi connectivity index (χ2v) is 8.57. The van der Waals surface area contributed by atoms with Gasteiger partial charge in [0.1, 0.15) is 0 Å². The molecule has 0 amide bonds. The van der Waals surface area contributed by atoms with Gasteiger partial charge < -0.3 is 20.9 Å². The molecule has 36 heavy (non-hydrogen) atoms. The molecule has 3 rings (SSSR count). The summed E-state index contributed by atoms with van der Waals surface area (Å²) in [5.74, 6) is 0. The zero-order valence-electron chi connectivity index (χ0n) is 23.5. The van der Waals surface area contributed by atoms with E-state index in [-0.39, 0.29) is 51.4 Å². The minimum Gasteiger partial charge on any atom is -0.677 e. The van der Waals surface area contributed by atoms with Crippen molar-refractivity contribution in [1.29, 1.82) is 0 Å². The summed E-state index contributed by atoms with van der Waals surface area (Å²) in [5.41, 5.74) is 16.8. The fourth-order valence-corrected chi connectivity index (χ4v) is 3.87. The van der Waals surface area contributed by atoms with Crippen LogP contribution >= 0.6 is 0 Å². The van der Waals surface area contributed by atoms with Gasteiger partial charge in [-0.25, -0.2) is 0 Å². The molecule has 0 unspecified atom stereocenters. The third-order valence-electron chi connectivity index (χ3n) is 5.64. The van der Waals surface area contributed by atoms with E-state index in [4.69, 9.17) is 5.73 Å². The Morgan fingerprint density at radius 2 is 1.56 bits per heavy atom. The van der Waals surface area contributed by atoms with Crippen LogP contribution in [0.1, 0.15) is 54.3 Å². The zero-order valence-corrected chi connectivity index (χ0v) is 26.6. The summed E-state index contributed by atoms with van der Waals surface area (Å²) >= 11 is 0. The predicted octanol–water partition coefficient (Wildman–Crippen LogP) is 5.42. The fourth-order valence-electron chi connectivity index (χ4n) is 3.87. The molecule has 0 aliphatic heterocycles.